The van der Waals surface area contributed by atoms with Gasteiger partial charge in [0.15, 0.2) is 0 Å². The molecule has 3 rings (SSSR count). The van der Waals surface area contributed by atoms with Crippen molar-refractivity contribution in [2.45, 2.75) is 25.8 Å². The highest BCUT2D eigenvalue weighted by atomic mass is 16.5. The Morgan fingerprint density at radius 2 is 1.94 bits per heavy atom. The Labute approximate surface area is 183 Å². The standard InChI is InChI=1S/C24H29N3O4/c1-4-15-31-19-8-5-7-18(16-19)21-20(22(28)17-9-11-25-12-10-17)23(29)24(30)27(21)14-6-13-26(2)3/h5,7-12,16,21,28H,4,6,13-15H2,1-3H3/b22-20+/t21-/m0/s1. The summed E-state index contributed by atoms with van der Waals surface area (Å²) in [5.74, 6) is -0.800. The van der Waals surface area contributed by atoms with E-state index in [1.54, 1.807) is 17.0 Å². The summed E-state index contributed by atoms with van der Waals surface area (Å²) in [6.07, 6.45) is 4.65. The first-order chi connectivity index (χ1) is 14.9. The summed E-state index contributed by atoms with van der Waals surface area (Å²) in [6, 6.07) is 9.94. The number of aromatic nitrogens is 1. The van der Waals surface area contributed by atoms with Gasteiger partial charge in [0, 0.05) is 24.5 Å². The molecule has 1 aromatic carbocycles. The van der Waals surface area contributed by atoms with Gasteiger partial charge in [-0.1, -0.05) is 19.1 Å². The predicted molar refractivity (Wildman–Crippen MR) is 119 cm³/mol. The maximum Gasteiger partial charge on any atom is 0.295 e. The highest BCUT2D eigenvalue weighted by Crippen LogP contribution is 2.40. The monoisotopic (exact) mass is 423 g/mol. The zero-order valence-electron chi connectivity index (χ0n) is 18.2. The zero-order chi connectivity index (χ0) is 22.4. The van der Waals surface area contributed by atoms with Crippen LogP contribution in [0.25, 0.3) is 5.76 Å². The van der Waals surface area contributed by atoms with Gasteiger partial charge in [-0.05, 0) is 63.3 Å². The number of aliphatic hydroxyl groups is 1. The Kier molecular flexibility index (Phi) is 7.41. The fourth-order valence-corrected chi connectivity index (χ4v) is 3.67. The number of rotatable bonds is 9. The van der Waals surface area contributed by atoms with Gasteiger partial charge in [-0.3, -0.25) is 14.6 Å². The van der Waals surface area contributed by atoms with E-state index in [-0.39, 0.29) is 11.3 Å². The smallest absolute Gasteiger partial charge is 0.295 e. The van der Waals surface area contributed by atoms with Crippen LogP contribution in [0.4, 0.5) is 0 Å². The third-order valence-corrected chi connectivity index (χ3v) is 5.14. The molecule has 1 aliphatic heterocycles. The van der Waals surface area contributed by atoms with Gasteiger partial charge in [0.25, 0.3) is 11.7 Å². The number of amides is 1. The molecule has 0 bridgehead atoms. The average Bonchev–Trinajstić information content (AvgIpc) is 3.03. The lowest BCUT2D eigenvalue weighted by atomic mass is 9.95. The Morgan fingerprint density at radius 1 is 1.19 bits per heavy atom. The molecule has 1 N–H and O–H groups in total. The minimum absolute atomic E-state index is 0.0914. The van der Waals surface area contributed by atoms with Crippen molar-refractivity contribution in [3.8, 4) is 5.75 Å². The van der Waals surface area contributed by atoms with Crippen LogP contribution in [0.15, 0.2) is 54.4 Å². The molecule has 2 aromatic rings. The second-order valence-corrected chi connectivity index (χ2v) is 7.81. The first kappa shape index (κ1) is 22.5. The molecule has 1 fully saturated rings. The molecular formula is C24H29N3O4. The zero-order valence-corrected chi connectivity index (χ0v) is 18.2. The number of pyridine rings is 1. The quantitative estimate of drug-likeness (QED) is 0.379. The van der Waals surface area contributed by atoms with Crippen LogP contribution in [-0.4, -0.2) is 65.4 Å². The molecule has 1 aliphatic rings. The topological polar surface area (TPSA) is 83.0 Å². The molecule has 0 unspecified atom stereocenters. The maximum absolute atomic E-state index is 13.0. The number of benzene rings is 1. The fourth-order valence-electron chi connectivity index (χ4n) is 3.67. The van der Waals surface area contributed by atoms with Gasteiger partial charge in [-0.25, -0.2) is 0 Å². The van der Waals surface area contributed by atoms with Crippen molar-refractivity contribution >= 4 is 17.4 Å². The van der Waals surface area contributed by atoms with Crippen molar-refractivity contribution in [1.82, 2.24) is 14.8 Å². The van der Waals surface area contributed by atoms with E-state index in [0.717, 1.165) is 18.5 Å². The largest absolute Gasteiger partial charge is 0.507 e. The van der Waals surface area contributed by atoms with Crippen molar-refractivity contribution < 1.29 is 19.4 Å². The van der Waals surface area contributed by atoms with Gasteiger partial charge in [0.2, 0.25) is 0 Å². The van der Waals surface area contributed by atoms with Crippen molar-refractivity contribution in [2.24, 2.45) is 0 Å². The van der Waals surface area contributed by atoms with Crippen LogP contribution in [0.1, 0.15) is 36.9 Å². The molecule has 2 heterocycles. The first-order valence-corrected chi connectivity index (χ1v) is 10.5. The molecular weight excluding hydrogens is 394 g/mol. The van der Waals surface area contributed by atoms with E-state index >= 15 is 0 Å². The number of nitrogens with zero attached hydrogens (tertiary/aromatic N) is 3. The number of hydrogen-bond acceptors (Lipinski definition) is 6. The number of Topliss-reactive ketones (excluding diaryl/α,β-unsaturated/α-hetero) is 1. The second-order valence-electron chi connectivity index (χ2n) is 7.81. The van der Waals surface area contributed by atoms with Gasteiger partial charge in [0.1, 0.15) is 11.5 Å². The minimum Gasteiger partial charge on any atom is -0.507 e. The number of aliphatic hydroxyl groups excluding tert-OH is 1. The molecule has 0 saturated carbocycles. The van der Waals surface area contributed by atoms with E-state index in [1.807, 2.05) is 50.2 Å². The first-order valence-electron chi connectivity index (χ1n) is 10.5. The summed E-state index contributed by atoms with van der Waals surface area (Å²) in [7, 11) is 3.92. The van der Waals surface area contributed by atoms with Crippen molar-refractivity contribution in [2.75, 3.05) is 33.8 Å². The number of likely N-dealkylation sites (tertiary alicyclic amines) is 1. The van der Waals surface area contributed by atoms with Crippen LogP contribution in [0.3, 0.4) is 0 Å². The van der Waals surface area contributed by atoms with E-state index < -0.39 is 17.7 Å². The summed E-state index contributed by atoms with van der Waals surface area (Å²) in [5, 5.41) is 11.0. The molecule has 1 amide bonds. The van der Waals surface area contributed by atoms with Crippen LogP contribution in [0.2, 0.25) is 0 Å². The number of carbonyl (C=O) groups is 2. The lowest BCUT2D eigenvalue weighted by molar-refractivity contribution is -0.139. The predicted octanol–water partition coefficient (Wildman–Crippen LogP) is 3.24. The van der Waals surface area contributed by atoms with Crippen LogP contribution >= 0.6 is 0 Å². The summed E-state index contributed by atoms with van der Waals surface area (Å²) in [5.41, 5.74) is 1.27. The molecule has 7 heteroatoms. The number of ketones is 1. The van der Waals surface area contributed by atoms with Crippen LogP contribution < -0.4 is 4.74 Å². The molecule has 0 radical (unpaired) electrons. The lowest BCUT2D eigenvalue weighted by Crippen LogP contribution is -2.32. The second kappa shape index (κ2) is 10.2. The molecule has 164 valence electrons. The van der Waals surface area contributed by atoms with Crippen molar-refractivity contribution in [3.63, 3.8) is 0 Å². The molecule has 1 saturated heterocycles. The highest BCUT2D eigenvalue weighted by molar-refractivity contribution is 6.46. The summed E-state index contributed by atoms with van der Waals surface area (Å²) >= 11 is 0. The Bertz CT molecular complexity index is 956. The van der Waals surface area contributed by atoms with Crippen molar-refractivity contribution in [1.29, 1.82) is 0 Å². The van der Waals surface area contributed by atoms with E-state index in [0.29, 0.717) is 30.9 Å². The highest BCUT2D eigenvalue weighted by Gasteiger charge is 2.45. The van der Waals surface area contributed by atoms with Gasteiger partial charge >= 0.3 is 0 Å². The van der Waals surface area contributed by atoms with Crippen LogP contribution in [0.5, 0.6) is 5.75 Å². The molecule has 7 nitrogen and oxygen atoms in total. The van der Waals surface area contributed by atoms with E-state index in [4.69, 9.17) is 4.74 Å². The van der Waals surface area contributed by atoms with Gasteiger partial charge in [-0.15, -0.1) is 0 Å². The molecule has 1 atom stereocenters. The normalized spacial score (nSPS) is 18.1. The lowest BCUT2D eigenvalue weighted by Gasteiger charge is -2.26. The van der Waals surface area contributed by atoms with E-state index in [9.17, 15) is 14.7 Å². The van der Waals surface area contributed by atoms with Gasteiger partial charge < -0.3 is 19.6 Å². The third-order valence-electron chi connectivity index (χ3n) is 5.14. The van der Waals surface area contributed by atoms with Crippen LogP contribution in [-0.2, 0) is 9.59 Å². The average molecular weight is 424 g/mol. The fraction of sp³-hybridized carbons (Fsp3) is 0.375. The number of carbonyl (C=O) groups excluding carboxylic acids is 2. The maximum atomic E-state index is 13.0. The number of hydrogen-bond donors (Lipinski definition) is 1. The molecule has 1 aromatic heterocycles. The summed E-state index contributed by atoms with van der Waals surface area (Å²) in [4.78, 5) is 33.5. The third kappa shape index (κ3) is 5.11. The van der Waals surface area contributed by atoms with E-state index in [1.165, 1.54) is 12.4 Å². The molecule has 0 aliphatic carbocycles. The Hall–Kier alpha value is -3.19. The number of ether oxygens (including phenoxy) is 1. The summed E-state index contributed by atoms with van der Waals surface area (Å²) in [6.45, 7) is 3.78. The van der Waals surface area contributed by atoms with Crippen molar-refractivity contribution in [3.05, 3.63) is 65.5 Å². The Morgan fingerprint density at radius 3 is 2.61 bits per heavy atom. The molecule has 31 heavy (non-hydrogen) atoms. The summed E-state index contributed by atoms with van der Waals surface area (Å²) < 4.78 is 5.76. The molecule has 0 spiro atoms. The van der Waals surface area contributed by atoms with E-state index in [2.05, 4.69) is 4.98 Å². The van der Waals surface area contributed by atoms with Crippen LogP contribution in [0, 0.1) is 0 Å². The SMILES string of the molecule is CCCOc1cccc([C@H]2/C(=C(\O)c3ccncc3)C(=O)C(=O)N2CCCN(C)C)c1. The Balaban J connectivity index is 2.06. The van der Waals surface area contributed by atoms with Gasteiger partial charge in [0.05, 0.1) is 18.2 Å². The van der Waals surface area contributed by atoms with Gasteiger partial charge in [-0.2, -0.15) is 0 Å². The minimum atomic E-state index is -0.680.